The maximum absolute atomic E-state index is 13.1. The van der Waals surface area contributed by atoms with Gasteiger partial charge in [-0.1, -0.05) is 44.0 Å². The van der Waals surface area contributed by atoms with Crippen molar-refractivity contribution in [2.45, 2.75) is 28.2 Å². The molecule has 1 aromatic rings. The fourth-order valence-corrected chi connectivity index (χ4v) is 5.82. The van der Waals surface area contributed by atoms with Gasteiger partial charge in [-0.05, 0) is 25.0 Å². The standard InChI is InChI=1S/C17H14Br2N2O5/c18-17(19)10-5-6-11(16(26)20(13(10)17)7-12(22)23)21-14(24)8-3-1-2-4-9(8)15(21)25/h1-4,10-11,13H,5-7H2,(H,22,23)/t10-,11-,13+/m0/s1. The highest BCUT2D eigenvalue weighted by Crippen LogP contribution is 2.62. The molecule has 0 bridgehead atoms. The summed E-state index contributed by atoms with van der Waals surface area (Å²) in [6.45, 7) is -0.474. The number of halogens is 2. The molecule has 9 heteroatoms. The number of carboxylic acids is 1. The molecular formula is C17H14Br2N2O5. The van der Waals surface area contributed by atoms with Crippen LogP contribution in [-0.2, 0) is 9.59 Å². The van der Waals surface area contributed by atoms with Gasteiger partial charge in [0.1, 0.15) is 15.8 Å². The average Bonchev–Trinajstić information content (AvgIpc) is 3.09. The highest BCUT2D eigenvalue weighted by atomic mass is 79.9. The van der Waals surface area contributed by atoms with Crippen molar-refractivity contribution >= 4 is 55.6 Å². The monoisotopic (exact) mass is 484 g/mol. The second kappa shape index (κ2) is 5.88. The van der Waals surface area contributed by atoms with Crippen molar-refractivity contribution in [1.82, 2.24) is 9.80 Å². The van der Waals surface area contributed by atoms with Gasteiger partial charge < -0.3 is 10.0 Å². The predicted octanol–water partition coefficient (Wildman–Crippen LogP) is 1.84. The van der Waals surface area contributed by atoms with Gasteiger partial charge in [0.2, 0.25) is 5.91 Å². The molecule has 7 nitrogen and oxygen atoms in total. The van der Waals surface area contributed by atoms with Gasteiger partial charge in [-0.15, -0.1) is 0 Å². The molecule has 2 fully saturated rings. The molecule has 136 valence electrons. The second-order valence-electron chi connectivity index (χ2n) is 6.70. The number of benzene rings is 1. The third-order valence-corrected chi connectivity index (χ3v) is 7.37. The lowest BCUT2D eigenvalue weighted by molar-refractivity contribution is -0.146. The number of hydrogen-bond acceptors (Lipinski definition) is 4. The van der Waals surface area contributed by atoms with Crippen LogP contribution >= 0.6 is 31.9 Å². The first-order valence-electron chi connectivity index (χ1n) is 8.12. The fraction of sp³-hybridized carbons (Fsp3) is 0.412. The molecule has 1 aliphatic carbocycles. The Labute approximate surface area is 165 Å². The van der Waals surface area contributed by atoms with E-state index >= 15 is 0 Å². The molecule has 1 N–H and O–H groups in total. The van der Waals surface area contributed by atoms with Crippen LogP contribution in [0.2, 0.25) is 0 Å². The minimum atomic E-state index is -1.14. The van der Waals surface area contributed by atoms with E-state index < -0.39 is 39.5 Å². The summed E-state index contributed by atoms with van der Waals surface area (Å²) in [4.78, 5) is 52.1. The number of carbonyl (C=O) groups is 4. The SMILES string of the molecule is O=C(O)CN1C(=O)[C@@H](N2C(=O)c3ccccc3C2=O)CC[C@H]2[C@@H]1C2(Br)Br. The molecule has 0 spiro atoms. The number of rotatable bonds is 3. The van der Waals surface area contributed by atoms with Gasteiger partial charge in [-0.3, -0.25) is 24.1 Å². The van der Waals surface area contributed by atoms with Gasteiger partial charge in [-0.2, -0.15) is 0 Å². The Morgan fingerprint density at radius 3 is 2.23 bits per heavy atom. The number of aliphatic carboxylic acids is 1. The van der Waals surface area contributed by atoms with Gasteiger partial charge in [-0.25, -0.2) is 0 Å². The van der Waals surface area contributed by atoms with E-state index in [9.17, 15) is 24.3 Å². The average molecular weight is 486 g/mol. The first kappa shape index (κ1) is 17.7. The van der Waals surface area contributed by atoms with Crippen molar-refractivity contribution in [3.8, 4) is 0 Å². The summed E-state index contributed by atoms with van der Waals surface area (Å²) in [6.07, 6.45) is 0.891. The third-order valence-electron chi connectivity index (χ3n) is 5.26. The van der Waals surface area contributed by atoms with E-state index in [4.69, 9.17) is 0 Å². The zero-order valence-corrected chi connectivity index (χ0v) is 16.6. The lowest BCUT2D eigenvalue weighted by Crippen LogP contribution is -2.52. The number of carboxylic acid groups (broad SMARTS) is 1. The number of alkyl halides is 2. The van der Waals surface area contributed by atoms with Gasteiger partial charge in [0.15, 0.2) is 0 Å². The summed E-state index contributed by atoms with van der Waals surface area (Å²) in [5.41, 5.74) is 0.555. The molecule has 26 heavy (non-hydrogen) atoms. The maximum Gasteiger partial charge on any atom is 0.323 e. The van der Waals surface area contributed by atoms with E-state index in [0.29, 0.717) is 12.8 Å². The number of fused-ring (bicyclic) bond motifs is 2. The molecule has 1 aromatic carbocycles. The molecule has 0 radical (unpaired) electrons. The molecule has 1 saturated carbocycles. The Kier molecular flexibility index (Phi) is 4.00. The molecule has 4 rings (SSSR count). The van der Waals surface area contributed by atoms with E-state index in [1.807, 2.05) is 0 Å². The molecule has 3 amide bonds. The van der Waals surface area contributed by atoms with Crippen molar-refractivity contribution in [1.29, 1.82) is 0 Å². The first-order valence-corrected chi connectivity index (χ1v) is 9.70. The summed E-state index contributed by atoms with van der Waals surface area (Å²) in [5.74, 6) is -2.62. The second-order valence-corrected chi connectivity index (χ2v) is 10.4. The Balaban J connectivity index is 1.68. The topological polar surface area (TPSA) is 95.0 Å². The lowest BCUT2D eigenvalue weighted by atomic mass is 10.1. The normalized spacial score (nSPS) is 29.3. The number of carbonyl (C=O) groups excluding carboxylic acids is 3. The number of likely N-dealkylation sites (tertiary alicyclic amines) is 1. The van der Waals surface area contributed by atoms with E-state index in [-0.39, 0.29) is 23.1 Å². The number of nitrogens with zero attached hydrogens (tertiary/aromatic N) is 2. The van der Waals surface area contributed by atoms with E-state index in [2.05, 4.69) is 31.9 Å². The minimum Gasteiger partial charge on any atom is -0.480 e. The molecule has 1 saturated heterocycles. The van der Waals surface area contributed by atoms with Crippen molar-refractivity contribution in [3.63, 3.8) is 0 Å². The zero-order chi connectivity index (χ0) is 18.8. The minimum absolute atomic E-state index is 0.0194. The van der Waals surface area contributed by atoms with Crippen molar-refractivity contribution < 1.29 is 24.3 Å². The van der Waals surface area contributed by atoms with Gasteiger partial charge in [0.25, 0.3) is 11.8 Å². The van der Waals surface area contributed by atoms with Crippen LogP contribution in [-0.4, -0.2) is 60.5 Å². The molecule has 3 aliphatic rings. The van der Waals surface area contributed by atoms with E-state index in [0.717, 1.165) is 4.90 Å². The molecule has 0 aromatic heterocycles. The number of imide groups is 1. The molecular weight excluding hydrogens is 472 g/mol. The van der Waals surface area contributed by atoms with Crippen LogP contribution < -0.4 is 0 Å². The van der Waals surface area contributed by atoms with E-state index in [1.54, 1.807) is 24.3 Å². The van der Waals surface area contributed by atoms with Gasteiger partial charge in [0.05, 0.1) is 17.2 Å². The van der Waals surface area contributed by atoms with Crippen LogP contribution in [0.5, 0.6) is 0 Å². The summed E-state index contributed by atoms with van der Waals surface area (Å²) in [7, 11) is 0. The number of amides is 3. The summed E-state index contributed by atoms with van der Waals surface area (Å²) < 4.78 is -0.516. The zero-order valence-electron chi connectivity index (χ0n) is 13.4. The fourth-order valence-electron chi connectivity index (χ4n) is 3.99. The Bertz CT molecular complexity index is 820. The third kappa shape index (κ3) is 2.44. The Hall–Kier alpha value is -1.74. The van der Waals surface area contributed by atoms with Crippen LogP contribution in [0.25, 0.3) is 0 Å². The van der Waals surface area contributed by atoms with Crippen LogP contribution in [0, 0.1) is 5.92 Å². The van der Waals surface area contributed by atoms with Crippen LogP contribution in [0.3, 0.4) is 0 Å². The maximum atomic E-state index is 13.1. The van der Waals surface area contributed by atoms with Crippen molar-refractivity contribution in [3.05, 3.63) is 35.4 Å². The number of hydrogen-bond donors (Lipinski definition) is 1. The van der Waals surface area contributed by atoms with Crippen LogP contribution in [0.15, 0.2) is 24.3 Å². The Morgan fingerprint density at radius 1 is 1.12 bits per heavy atom. The quantitative estimate of drug-likeness (QED) is 0.520. The largest absolute Gasteiger partial charge is 0.480 e. The van der Waals surface area contributed by atoms with Crippen LogP contribution in [0.4, 0.5) is 0 Å². The van der Waals surface area contributed by atoms with Crippen molar-refractivity contribution in [2.24, 2.45) is 5.92 Å². The summed E-state index contributed by atoms with van der Waals surface area (Å²) in [5, 5.41) is 9.21. The highest BCUT2D eigenvalue weighted by Gasteiger charge is 2.67. The van der Waals surface area contributed by atoms with E-state index in [1.165, 1.54) is 4.90 Å². The highest BCUT2D eigenvalue weighted by molar-refractivity contribution is 9.25. The summed E-state index contributed by atoms with van der Waals surface area (Å²) >= 11 is 7.01. The van der Waals surface area contributed by atoms with Crippen LogP contribution in [0.1, 0.15) is 33.6 Å². The lowest BCUT2D eigenvalue weighted by Gasteiger charge is -2.30. The summed E-state index contributed by atoms with van der Waals surface area (Å²) in [6, 6.07) is 5.14. The van der Waals surface area contributed by atoms with Gasteiger partial charge in [0, 0.05) is 5.92 Å². The first-order chi connectivity index (χ1) is 12.2. The van der Waals surface area contributed by atoms with Crippen molar-refractivity contribution in [2.75, 3.05) is 6.54 Å². The predicted molar refractivity (Wildman–Crippen MR) is 97.2 cm³/mol. The molecule has 3 atom stereocenters. The molecule has 2 aliphatic heterocycles. The Morgan fingerprint density at radius 2 is 1.69 bits per heavy atom. The molecule has 0 unspecified atom stereocenters. The smallest absolute Gasteiger partial charge is 0.323 e. The van der Waals surface area contributed by atoms with Gasteiger partial charge >= 0.3 is 5.97 Å². The molecule has 2 heterocycles.